The second-order valence-corrected chi connectivity index (χ2v) is 2.14. The van der Waals surface area contributed by atoms with Crippen LogP contribution < -0.4 is 0 Å². The molecule has 1 N–H and O–H groups in total. The van der Waals surface area contributed by atoms with Crippen LogP contribution in [-0.2, 0) is 0 Å². The third-order valence-electron chi connectivity index (χ3n) is 1.21. The molecule has 0 aliphatic carbocycles. The molecule has 0 unspecified atom stereocenters. The zero-order valence-electron chi connectivity index (χ0n) is 6.05. The van der Waals surface area contributed by atoms with E-state index in [-0.39, 0.29) is 0 Å². The molecule has 0 aliphatic rings. The lowest BCUT2D eigenvalue weighted by molar-refractivity contribution is 1.05. The fourth-order valence-electron chi connectivity index (χ4n) is 0.586. The van der Waals surface area contributed by atoms with Crippen LogP contribution in [-0.4, -0.2) is 15.7 Å². The quantitative estimate of drug-likeness (QED) is 0.587. The predicted octanol–water partition coefficient (Wildman–Crippen LogP) is 1.17. The Morgan fingerprint density at radius 3 is 2.30 bits per heavy atom. The summed E-state index contributed by atoms with van der Waals surface area (Å²) in [5.74, 6) is 0.741. The maximum absolute atomic E-state index is 7.23. The Labute approximate surface area is 59.7 Å². The van der Waals surface area contributed by atoms with E-state index in [9.17, 15) is 0 Å². The number of nitrogens with one attached hydrogen (secondary N) is 1. The second-order valence-electron chi connectivity index (χ2n) is 2.14. The van der Waals surface area contributed by atoms with Crippen LogP contribution in [0.2, 0.25) is 0 Å². The molecule has 0 aromatic carbocycles. The summed E-state index contributed by atoms with van der Waals surface area (Å²) in [5, 5.41) is 7.23. The maximum Gasteiger partial charge on any atom is 0.125 e. The summed E-state index contributed by atoms with van der Waals surface area (Å²) in [7, 11) is 0. The number of aryl methyl sites for hydroxylation is 1. The van der Waals surface area contributed by atoms with Gasteiger partial charge in [0.1, 0.15) is 5.82 Å². The van der Waals surface area contributed by atoms with Crippen LogP contribution in [0.1, 0.15) is 18.3 Å². The number of rotatable bonds is 1. The topological polar surface area (TPSA) is 49.6 Å². The molecule has 1 rings (SSSR count). The second kappa shape index (κ2) is 2.56. The van der Waals surface area contributed by atoms with Crippen LogP contribution in [0.4, 0.5) is 0 Å². The molecular weight excluding hydrogens is 126 g/mol. The van der Waals surface area contributed by atoms with Gasteiger partial charge >= 0.3 is 0 Å². The van der Waals surface area contributed by atoms with Gasteiger partial charge in [-0.15, -0.1) is 0 Å². The van der Waals surface area contributed by atoms with Crippen LogP contribution in [0.15, 0.2) is 12.4 Å². The monoisotopic (exact) mass is 135 g/mol. The van der Waals surface area contributed by atoms with Crippen molar-refractivity contribution in [3.63, 3.8) is 0 Å². The molecule has 0 saturated heterocycles. The SMILES string of the molecule is CC(=N)c1cnc(C)nc1. The van der Waals surface area contributed by atoms with Gasteiger partial charge in [0.25, 0.3) is 0 Å². The Morgan fingerprint density at radius 1 is 1.40 bits per heavy atom. The van der Waals surface area contributed by atoms with Gasteiger partial charge in [0.15, 0.2) is 0 Å². The van der Waals surface area contributed by atoms with Gasteiger partial charge in [0.05, 0.1) is 0 Å². The van der Waals surface area contributed by atoms with E-state index in [0.717, 1.165) is 11.4 Å². The third kappa shape index (κ3) is 1.37. The van der Waals surface area contributed by atoms with Crippen molar-refractivity contribution in [2.45, 2.75) is 13.8 Å². The highest BCUT2D eigenvalue weighted by Crippen LogP contribution is 1.94. The van der Waals surface area contributed by atoms with Gasteiger partial charge in [-0.3, -0.25) is 0 Å². The van der Waals surface area contributed by atoms with Crippen LogP contribution in [0.5, 0.6) is 0 Å². The van der Waals surface area contributed by atoms with E-state index in [1.807, 2.05) is 6.92 Å². The molecule has 1 heterocycles. The predicted molar refractivity (Wildman–Crippen MR) is 39.3 cm³/mol. The van der Waals surface area contributed by atoms with Crippen LogP contribution in [0, 0.1) is 12.3 Å². The Kier molecular flexibility index (Phi) is 1.76. The summed E-state index contributed by atoms with van der Waals surface area (Å²) in [6.45, 7) is 3.54. The highest BCUT2D eigenvalue weighted by molar-refractivity contribution is 5.95. The van der Waals surface area contributed by atoms with Crippen molar-refractivity contribution < 1.29 is 0 Å². The van der Waals surface area contributed by atoms with E-state index in [1.54, 1.807) is 19.3 Å². The molecule has 0 amide bonds. The third-order valence-corrected chi connectivity index (χ3v) is 1.21. The Balaban J connectivity index is 3.00. The van der Waals surface area contributed by atoms with Gasteiger partial charge in [-0.2, -0.15) is 0 Å². The minimum Gasteiger partial charge on any atom is -0.305 e. The van der Waals surface area contributed by atoms with Gasteiger partial charge in [-0.05, 0) is 13.8 Å². The zero-order valence-corrected chi connectivity index (χ0v) is 6.05. The van der Waals surface area contributed by atoms with E-state index in [1.165, 1.54) is 0 Å². The molecule has 0 fully saturated rings. The van der Waals surface area contributed by atoms with Gasteiger partial charge in [-0.1, -0.05) is 0 Å². The number of hydrogen-bond donors (Lipinski definition) is 1. The molecule has 1 aromatic rings. The van der Waals surface area contributed by atoms with Crippen molar-refractivity contribution >= 4 is 5.71 Å². The molecule has 0 atom stereocenters. The molecule has 0 aliphatic heterocycles. The molecule has 0 bridgehead atoms. The first-order chi connectivity index (χ1) is 4.70. The van der Waals surface area contributed by atoms with Crippen molar-refractivity contribution in [1.29, 1.82) is 5.41 Å². The minimum atomic E-state index is 0.500. The fourth-order valence-corrected chi connectivity index (χ4v) is 0.586. The van der Waals surface area contributed by atoms with E-state index >= 15 is 0 Å². The van der Waals surface area contributed by atoms with Crippen LogP contribution in [0.25, 0.3) is 0 Å². The summed E-state index contributed by atoms with van der Waals surface area (Å²) in [4.78, 5) is 7.90. The van der Waals surface area contributed by atoms with Crippen LogP contribution in [0.3, 0.4) is 0 Å². The molecule has 10 heavy (non-hydrogen) atoms. The first kappa shape index (κ1) is 6.86. The van der Waals surface area contributed by atoms with E-state index in [2.05, 4.69) is 9.97 Å². The van der Waals surface area contributed by atoms with E-state index in [0.29, 0.717) is 5.71 Å². The molecule has 0 spiro atoms. The van der Waals surface area contributed by atoms with E-state index in [4.69, 9.17) is 5.41 Å². The fraction of sp³-hybridized carbons (Fsp3) is 0.286. The molecule has 3 heteroatoms. The molecule has 0 radical (unpaired) electrons. The van der Waals surface area contributed by atoms with E-state index < -0.39 is 0 Å². The summed E-state index contributed by atoms with van der Waals surface area (Å²) in [5.41, 5.74) is 1.28. The molecule has 1 aromatic heterocycles. The summed E-state index contributed by atoms with van der Waals surface area (Å²) < 4.78 is 0. The van der Waals surface area contributed by atoms with Crippen molar-refractivity contribution in [3.05, 3.63) is 23.8 Å². The summed E-state index contributed by atoms with van der Waals surface area (Å²) in [6, 6.07) is 0. The Morgan fingerprint density at radius 2 is 1.90 bits per heavy atom. The number of aromatic nitrogens is 2. The number of hydrogen-bond acceptors (Lipinski definition) is 3. The van der Waals surface area contributed by atoms with Crippen molar-refractivity contribution in [2.24, 2.45) is 0 Å². The smallest absolute Gasteiger partial charge is 0.125 e. The zero-order chi connectivity index (χ0) is 7.56. The van der Waals surface area contributed by atoms with Gasteiger partial charge < -0.3 is 5.41 Å². The lowest BCUT2D eigenvalue weighted by atomic mass is 10.2. The highest BCUT2D eigenvalue weighted by Gasteiger charge is 1.93. The summed E-state index contributed by atoms with van der Waals surface area (Å²) in [6.07, 6.45) is 3.31. The normalized spacial score (nSPS) is 9.40. The highest BCUT2D eigenvalue weighted by atomic mass is 14.8. The standard InChI is InChI=1S/C7H9N3/c1-5(8)7-3-9-6(2)10-4-7/h3-4,8H,1-2H3. The first-order valence-corrected chi connectivity index (χ1v) is 3.04. The van der Waals surface area contributed by atoms with Gasteiger partial charge in [-0.25, -0.2) is 9.97 Å². The summed E-state index contributed by atoms with van der Waals surface area (Å²) >= 11 is 0. The first-order valence-electron chi connectivity index (χ1n) is 3.04. The van der Waals surface area contributed by atoms with Crippen molar-refractivity contribution in [3.8, 4) is 0 Å². The molecular formula is C7H9N3. The molecule has 3 nitrogen and oxygen atoms in total. The van der Waals surface area contributed by atoms with Crippen LogP contribution >= 0.6 is 0 Å². The minimum absolute atomic E-state index is 0.500. The van der Waals surface area contributed by atoms with Crippen molar-refractivity contribution in [2.75, 3.05) is 0 Å². The van der Waals surface area contributed by atoms with Gasteiger partial charge in [0.2, 0.25) is 0 Å². The average Bonchev–Trinajstić information content (AvgIpc) is 1.88. The lowest BCUT2D eigenvalue weighted by Gasteiger charge is -1.94. The molecule has 52 valence electrons. The van der Waals surface area contributed by atoms with Crippen molar-refractivity contribution in [1.82, 2.24) is 9.97 Å². The largest absolute Gasteiger partial charge is 0.305 e. The Bertz CT molecular complexity index is 238. The molecule has 0 saturated carbocycles. The lowest BCUT2D eigenvalue weighted by Crippen LogP contribution is -1.95. The van der Waals surface area contributed by atoms with Gasteiger partial charge in [0, 0.05) is 23.7 Å². The number of nitrogens with zero attached hydrogens (tertiary/aromatic N) is 2. The Hall–Kier alpha value is -1.25. The maximum atomic E-state index is 7.23. The average molecular weight is 135 g/mol.